The average molecular weight is 297 g/mol. The highest BCUT2D eigenvalue weighted by Gasteiger charge is 2.11. The van der Waals surface area contributed by atoms with Gasteiger partial charge in [0.25, 0.3) is 0 Å². The lowest BCUT2D eigenvalue weighted by atomic mass is 10.3. The maximum atomic E-state index is 5.78. The molecule has 0 saturated carbocycles. The van der Waals surface area contributed by atoms with Crippen LogP contribution < -0.4 is 5.73 Å². The second kappa shape index (κ2) is 4.45. The molecule has 0 aliphatic carbocycles. The fourth-order valence-corrected chi connectivity index (χ4v) is 3.01. The summed E-state index contributed by atoms with van der Waals surface area (Å²) in [6, 6.07) is 5.60. The van der Waals surface area contributed by atoms with Gasteiger partial charge in [0.2, 0.25) is 0 Å². The van der Waals surface area contributed by atoms with Crippen LogP contribution in [0.4, 0.5) is 5.69 Å². The zero-order valence-electron chi connectivity index (χ0n) is 11.1. The molecule has 0 spiro atoms. The molecule has 0 radical (unpaired) electrons. The summed E-state index contributed by atoms with van der Waals surface area (Å²) < 4.78 is 1.72. The van der Waals surface area contributed by atoms with E-state index in [1.807, 2.05) is 25.2 Å². The molecule has 7 nitrogen and oxygen atoms in total. The highest BCUT2D eigenvalue weighted by molar-refractivity contribution is 7.99. The summed E-state index contributed by atoms with van der Waals surface area (Å²) in [5.41, 5.74) is 9.07. The molecular weight excluding hydrogens is 286 g/mol. The van der Waals surface area contributed by atoms with Crippen LogP contribution in [0.2, 0.25) is 0 Å². The summed E-state index contributed by atoms with van der Waals surface area (Å²) >= 11 is 1.45. The average Bonchev–Trinajstić information content (AvgIpc) is 3.03. The predicted octanol–water partition coefficient (Wildman–Crippen LogP) is 1.97. The number of aromatic nitrogens is 6. The number of rotatable bonds is 2. The molecule has 0 saturated heterocycles. The molecule has 0 amide bonds. The predicted molar refractivity (Wildman–Crippen MR) is 80.9 cm³/mol. The van der Waals surface area contributed by atoms with Crippen molar-refractivity contribution in [1.82, 2.24) is 29.7 Å². The Morgan fingerprint density at radius 1 is 1.29 bits per heavy atom. The second-order valence-electron chi connectivity index (χ2n) is 4.60. The van der Waals surface area contributed by atoms with Crippen molar-refractivity contribution in [3.8, 4) is 0 Å². The number of fused-ring (bicyclic) bond motifs is 2. The lowest BCUT2D eigenvalue weighted by Crippen LogP contribution is -1.92. The van der Waals surface area contributed by atoms with E-state index in [0.717, 1.165) is 32.2 Å². The van der Waals surface area contributed by atoms with Crippen molar-refractivity contribution >= 4 is 39.5 Å². The lowest BCUT2D eigenvalue weighted by molar-refractivity contribution is 0.784. The van der Waals surface area contributed by atoms with Gasteiger partial charge in [0, 0.05) is 12.7 Å². The number of aromatic amines is 1. The molecule has 0 unspecified atom stereocenters. The number of hydrogen-bond acceptors (Lipinski definition) is 6. The lowest BCUT2D eigenvalue weighted by Gasteiger charge is -1.98. The van der Waals surface area contributed by atoms with Gasteiger partial charge >= 0.3 is 0 Å². The molecule has 3 N–H and O–H groups in total. The number of hydrogen-bond donors (Lipinski definition) is 2. The molecule has 1 aromatic carbocycles. The molecular formula is C13H11N7S. The van der Waals surface area contributed by atoms with Gasteiger partial charge in [-0.1, -0.05) is 0 Å². The Morgan fingerprint density at radius 2 is 2.19 bits per heavy atom. The Kier molecular flexibility index (Phi) is 2.58. The minimum absolute atomic E-state index is 0.708. The molecule has 3 heterocycles. The zero-order chi connectivity index (χ0) is 14.4. The number of H-pyrrole nitrogens is 1. The SMILES string of the molecule is Cn1ncc2c(Sc3nc4ccc(N)cc4[nH]3)ncnc21. The molecule has 8 heteroatoms. The van der Waals surface area contributed by atoms with Crippen LogP contribution in [0.1, 0.15) is 0 Å². The first-order valence-electron chi connectivity index (χ1n) is 6.26. The Labute approximate surface area is 123 Å². The molecule has 21 heavy (non-hydrogen) atoms. The number of benzene rings is 1. The number of nitrogens with two attached hydrogens (primary N) is 1. The van der Waals surface area contributed by atoms with Gasteiger partial charge in [-0.05, 0) is 30.0 Å². The summed E-state index contributed by atoms with van der Waals surface area (Å²) in [5, 5.41) is 6.70. The van der Waals surface area contributed by atoms with E-state index in [0.29, 0.717) is 5.69 Å². The fraction of sp³-hybridized carbons (Fsp3) is 0.0769. The Hall–Kier alpha value is -2.61. The summed E-state index contributed by atoms with van der Waals surface area (Å²) in [6.07, 6.45) is 3.30. The highest BCUT2D eigenvalue weighted by Crippen LogP contribution is 2.30. The van der Waals surface area contributed by atoms with Gasteiger partial charge in [-0.2, -0.15) is 5.10 Å². The number of nitrogens with one attached hydrogen (secondary N) is 1. The van der Waals surface area contributed by atoms with Crippen molar-refractivity contribution in [2.45, 2.75) is 10.2 Å². The molecule has 0 fully saturated rings. The van der Waals surface area contributed by atoms with E-state index >= 15 is 0 Å². The van der Waals surface area contributed by atoms with E-state index in [4.69, 9.17) is 5.73 Å². The number of anilines is 1. The van der Waals surface area contributed by atoms with Crippen LogP contribution in [-0.2, 0) is 7.05 Å². The number of nitrogen functional groups attached to an aromatic ring is 1. The third-order valence-corrected chi connectivity index (χ3v) is 4.08. The van der Waals surface area contributed by atoms with E-state index < -0.39 is 0 Å². The maximum absolute atomic E-state index is 5.78. The first-order valence-corrected chi connectivity index (χ1v) is 7.08. The monoisotopic (exact) mass is 297 g/mol. The van der Waals surface area contributed by atoms with E-state index in [-0.39, 0.29) is 0 Å². The topological polar surface area (TPSA) is 98.3 Å². The van der Waals surface area contributed by atoms with Crippen LogP contribution in [0, 0.1) is 0 Å². The second-order valence-corrected chi connectivity index (χ2v) is 5.58. The fourth-order valence-electron chi connectivity index (χ4n) is 2.17. The van der Waals surface area contributed by atoms with Crippen molar-refractivity contribution in [2.75, 3.05) is 5.73 Å². The molecule has 4 rings (SSSR count). The maximum Gasteiger partial charge on any atom is 0.172 e. The Bertz CT molecular complexity index is 956. The highest BCUT2D eigenvalue weighted by atomic mass is 32.2. The molecule has 4 aromatic rings. The summed E-state index contributed by atoms with van der Waals surface area (Å²) in [6.45, 7) is 0. The van der Waals surface area contributed by atoms with Crippen LogP contribution in [0.3, 0.4) is 0 Å². The van der Waals surface area contributed by atoms with Gasteiger partial charge < -0.3 is 10.7 Å². The van der Waals surface area contributed by atoms with Gasteiger partial charge in [0.15, 0.2) is 10.8 Å². The molecule has 0 aliphatic rings. The normalized spacial score (nSPS) is 11.5. The molecule has 3 aromatic heterocycles. The van der Waals surface area contributed by atoms with Crippen molar-refractivity contribution in [1.29, 1.82) is 0 Å². The third-order valence-electron chi connectivity index (χ3n) is 3.17. The standard InChI is InChI=1S/C13H11N7S/c1-20-11-8(5-17-20)12(16-6-15-11)21-13-18-9-3-2-7(14)4-10(9)19-13/h2-6H,14H2,1H3,(H,18,19). The van der Waals surface area contributed by atoms with Crippen LogP contribution in [0.25, 0.3) is 22.1 Å². The van der Waals surface area contributed by atoms with Gasteiger partial charge in [0.05, 0.1) is 22.6 Å². The largest absolute Gasteiger partial charge is 0.399 e. The van der Waals surface area contributed by atoms with E-state index in [1.54, 1.807) is 10.9 Å². The van der Waals surface area contributed by atoms with Gasteiger partial charge in [-0.15, -0.1) is 0 Å². The first kappa shape index (κ1) is 12.2. The number of nitrogens with zero attached hydrogens (tertiary/aromatic N) is 5. The summed E-state index contributed by atoms with van der Waals surface area (Å²) in [7, 11) is 1.85. The van der Waals surface area contributed by atoms with Gasteiger partial charge in [-0.3, -0.25) is 4.68 Å². The molecule has 0 atom stereocenters. The first-order chi connectivity index (χ1) is 10.2. The van der Waals surface area contributed by atoms with E-state index in [1.165, 1.54) is 18.1 Å². The molecule has 104 valence electrons. The van der Waals surface area contributed by atoms with Crippen LogP contribution in [-0.4, -0.2) is 29.7 Å². The minimum Gasteiger partial charge on any atom is -0.399 e. The smallest absolute Gasteiger partial charge is 0.172 e. The van der Waals surface area contributed by atoms with Crippen molar-refractivity contribution in [3.05, 3.63) is 30.7 Å². The summed E-state index contributed by atoms with van der Waals surface area (Å²) in [5.74, 6) is 0. The van der Waals surface area contributed by atoms with Crippen LogP contribution >= 0.6 is 11.8 Å². The van der Waals surface area contributed by atoms with Gasteiger partial charge in [0.1, 0.15) is 11.4 Å². The molecule has 0 bridgehead atoms. The summed E-state index contributed by atoms with van der Waals surface area (Å²) in [4.78, 5) is 16.3. The Morgan fingerprint density at radius 3 is 3.10 bits per heavy atom. The number of aryl methyl sites for hydroxylation is 1. The quantitative estimate of drug-likeness (QED) is 0.433. The van der Waals surface area contributed by atoms with Crippen molar-refractivity contribution in [3.63, 3.8) is 0 Å². The van der Waals surface area contributed by atoms with Gasteiger partial charge in [-0.25, -0.2) is 15.0 Å². The molecule has 0 aliphatic heterocycles. The minimum atomic E-state index is 0.708. The van der Waals surface area contributed by atoms with Crippen LogP contribution in [0.15, 0.2) is 40.9 Å². The Balaban J connectivity index is 1.79. The third kappa shape index (κ3) is 2.00. The number of imidazole rings is 1. The van der Waals surface area contributed by atoms with Crippen molar-refractivity contribution in [2.24, 2.45) is 7.05 Å². The zero-order valence-corrected chi connectivity index (χ0v) is 11.9. The van der Waals surface area contributed by atoms with E-state index in [2.05, 4.69) is 25.0 Å². The van der Waals surface area contributed by atoms with Crippen LogP contribution in [0.5, 0.6) is 0 Å². The van der Waals surface area contributed by atoms with E-state index in [9.17, 15) is 0 Å². The van der Waals surface area contributed by atoms with Crippen molar-refractivity contribution < 1.29 is 0 Å².